The number of aromatic amines is 1. The van der Waals surface area contributed by atoms with Crippen LogP contribution in [-0.2, 0) is 0 Å². The van der Waals surface area contributed by atoms with E-state index in [9.17, 15) is 4.79 Å². The Morgan fingerprint density at radius 2 is 2.38 bits per heavy atom. The largest absolute Gasteiger partial charge is 0.464 e. The van der Waals surface area contributed by atoms with Crippen molar-refractivity contribution in [3.05, 3.63) is 35.8 Å². The van der Waals surface area contributed by atoms with E-state index in [4.69, 9.17) is 4.42 Å². The lowest BCUT2D eigenvalue weighted by atomic mass is 10.2. The van der Waals surface area contributed by atoms with Crippen molar-refractivity contribution < 1.29 is 9.21 Å². The molecule has 1 amide bonds. The van der Waals surface area contributed by atoms with Crippen LogP contribution in [-0.4, -0.2) is 21.1 Å². The number of furan rings is 1. The Bertz CT molecular complexity index is 475. The molecule has 1 unspecified atom stereocenters. The highest BCUT2D eigenvalue weighted by atomic mass is 16.3. The van der Waals surface area contributed by atoms with Crippen LogP contribution in [0.1, 0.15) is 35.1 Å². The summed E-state index contributed by atoms with van der Waals surface area (Å²) in [7, 11) is 0. The summed E-state index contributed by atoms with van der Waals surface area (Å²) in [6.07, 6.45) is 1.29. The van der Waals surface area contributed by atoms with E-state index in [1.54, 1.807) is 0 Å². The van der Waals surface area contributed by atoms with Gasteiger partial charge in [0.2, 0.25) is 5.82 Å². The lowest BCUT2D eigenvalue weighted by molar-refractivity contribution is 0.0925. The number of hydrogen-bond donors (Lipinski definition) is 2. The monoisotopic (exact) mass is 220 g/mol. The van der Waals surface area contributed by atoms with Crippen LogP contribution in [0.25, 0.3) is 0 Å². The lowest BCUT2D eigenvalue weighted by Crippen LogP contribution is -2.27. The number of aromatic nitrogens is 3. The van der Waals surface area contributed by atoms with Gasteiger partial charge in [0.25, 0.3) is 5.91 Å². The van der Waals surface area contributed by atoms with E-state index in [2.05, 4.69) is 20.5 Å². The van der Waals surface area contributed by atoms with Gasteiger partial charge >= 0.3 is 0 Å². The summed E-state index contributed by atoms with van der Waals surface area (Å²) in [5.74, 6) is 1.41. The van der Waals surface area contributed by atoms with Crippen LogP contribution in [0.2, 0.25) is 0 Å². The number of rotatable bonds is 3. The van der Waals surface area contributed by atoms with Gasteiger partial charge in [-0.05, 0) is 26.0 Å². The highest BCUT2D eigenvalue weighted by Gasteiger charge is 2.15. The van der Waals surface area contributed by atoms with Crippen molar-refractivity contribution in [2.45, 2.75) is 19.9 Å². The van der Waals surface area contributed by atoms with Gasteiger partial charge in [-0.1, -0.05) is 0 Å². The topological polar surface area (TPSA) is 83.8 Å². The molecule has 2 heterocycles. The van der Waals surface area contributed by atoms with E-state index in [1.165, 1.54) is 6.33 Å². The van der Waals surface area contributed by atoms with Crippen LogP contribution < -0.4 is 5.32 Å². The minimum absolute atomic E-state index is 0.190. The molecule has 0 bridgehead atoms. The zero-order chi connectivity index (χ0) is 11.5. The van der Waals surface area contributed by atoms with E-state index in [-0.39, 0.29) is 17.8 Å². The van der Waals surface area contributed by atoms with Crippen LogP contribution in [0.5, 0.6) is 0 Å². The molecule has 2 N–H and O–H groups in total. The standard InChI is InChI=1S/C10H12N4O2/c1-6-3-4-8(16-6)7(2)13-10(15)9-11-5-12-14-9/h3-5,7H,1-2H3,(H,13,15)(H,11,12,14). The van der Waals surface area contributed by atoms with E-state index in [1.807, 2.05) is 26.0 Å². The average molecular weight is 220 g/mol. The van der Waals surface area contributed by atoms with Crippen molar-refractivity contribution in [2.75, 3.05) is 0 Å². The molecule has 0 radical (unpaired) electrons. The van der Waals surface area contributed by atoms with Crippen LogP contribution in [0.15, 0.2) is 22.9 Å². The summed E-state index contributed by atoms with van der Waals surface area (Å²) in [4.78, 5) is 15.4. The number of hydrogen-bond acceptors (Lipinski definition) is 4. The number of carbonyl (C=O) groups is 1. The Balaban J connectivity index is 2.03. The normalized spacial score (nSPS) is 12.4. The van der Waals surface area contributed by atoms with Crippen LogP contribution in [0.4, 0.5) is 0 Å². The first-order valence-corrected chi connectivity index (χ1v) is 4.89. The molecule has 2 aromatic rings. The van der Waals surface area contributed by atoms with E-state index < -0.39 is 0 Å². The predicted molar refractivity (Wildman–Crippen MR) is 55.7 cm³/mol. The van der Waals surface area contributed by atoms with Gasteiger partial charge in [0, 0.05) is 0 Å². The molecular weight excluding hydrogens is 208 g/mol. The summed E-state index contributed by atoms with van der Waals surface area (Å²) in [6.45, 7) is 3.70. The molecular formula is C10H12N4O2. The van der Waals surface area contributed by atoms with Gasteiger partial charge in [-0.2, -0.15) is 5.10 Å². The third-order valence-electron chi connectivity index (χ3n) is 2.17. The summed E-state index contributed by atoms with van der Waals surface area (Å²) in [6, 6.07) is 3.49. The molecule has 0 fully saturated rings. The van der Waals surface area contributed by atoms with Gasteiger partial charge in [-0.25, -0.2) is 4.98 Å². The fraction of sp³-hybridized carbons (Fsp3) is 0.300. The van der Waals surface area contributed by atoms with Gasteiger partial charge in [0.05, 0.1) is 6.04 Å². The Kier molecular flexibility index (Phi) is 2.72. The maximum Gasteiger partial charge on any atom is 0.289 e. The molecule has 0 spiro atoms. The van der Waals surface area contributed by atoms with Crippen LogP contribution >= 0.6 is 0 Å². The summed E-state index contributed by atoms with van der Waals surface area (Å²) in [5, 5.41) is 8.85. The zero-order valence-corrected chi connectivity index (χ0v) is 9.02. The SMILES string of the molecule is Cc1ccc(C(C)NC(=O)c2ncn[nH]2)o1. The molecule has 6 heteroatoms. The van der Waals surface area contributed by atoms with Gasteiger partial charge < -0.3 is 9.73 Å². The first kappa shape index (κ1) is 10.4. The number of nitrogens with one attached hydrogen (secondary N) is 2. The van der Waals surface area contributed by atoms with Crippen molar-refractivity contribution in [1.82, 2.24) is 20.5 Å². The molecule has 16 heavy (non-hydrogen) atoms. The number of amides is 1. The molecule has 6 nitrogen and oxygen atoms in total. The number of nitrogens with zero attached hydrogens (tertiary/aromatic N) is 2. The summed E-state index contributed by atoms with van der Waals surface area (Å²) < 4.78 is 5.40. The Hall–Kier alpha value is -2.11. The maximum absolute atomic E-state index is 11.6. The smallest absolute Gasteiger partial charge is 0.289 e. The zero-order valence-electron chi connectivity index (χ0n) is 9.02. The van der Waals surface area contributed by atoms with Crippen molar-refractivity contribution >= 4 is 5.91 Å². The second-order valence-electron chi connectivity index (χ2n) is 3.48. The molecule has 2 aromatic heterocycles. The van der Waals surface area contributed by atoms with Crippen molar-refractivity contribution in [3.8, 4) is 0 Å². The molecule has 0 aliphatic heterocycles. The Morgan fingerprint density at radius 1 is 1.56 bits per heavy atom. The second-order valence-corrected chi connectivity index (χ2v) is 3.48. The van der Waals surface area contributed by atoms with Gasteiger partial charge in [0.15, 0.2) is 0 Å². The highest BCUT2D eigenvalue weighted by Crippen LogP contribution is 2.15. The lowest BCUT2D eigenvalue weighted by Gasteiger charge is -2.09. The second kappa shape index (κ2) is 4.18. The number of carbonyl (C=O) groups excluding carboxylic acids is 1. The fourth-order valence-corrected chi connectivity index (χ4v) is 1.34. The van der Waals surface area contributed by atoms with Crippen molar-refractivity contribution in [1.29, 1.82) is 0 Å². The molecule has 0 aliphatic rings. The van der Waals surface area contributed by atoms with Crippen molar-refractivity contribution in [3.63, 3.8) is 0 Å². The first-order valence-electron chi connectivity index (χ1n) is 4.89. The molecule has 0 aliphatic carbocycles. The third kappa shape index (κ3) is 2.10. The Morgan fingerprint density at radius 3 is 2.94 bits per heavy atom. The fourth-order valence-electron chi connectivity index (χ4n) is 1.34. The minimum atomic E-state index is -0.306. The summed E-state index contributed by atoms with van der Waals surface area (Å²) >= 11 is 0. The van der Waals surface area contributed by atoms with Crippen LogP contribution in [0, 0.1) is 6.92 Å². The van der Waals surface area contributed by atoms with Crippen LogP contribution in [0.3, 0.4) is 0 Å². The average Bonchev–Trinajstić information content (AvgIpc) is 2.87. The summed E-state index contributed by atoms with van der Waals surface area (Å²) in [5.41, 5.74) is 0. The van der Waals surface area contributed by atoms with Gasteiger partial charge in [-0.3, -0.25) is 9.89 Å². The van der Waals surface area contributed by atoms with E-state index in [0.29, 0.717) is 5.76 Å². The molecule has 0 saturated heterocycles. The first-order chi connectivity index (χ1) is 7.66. The van der Waals surface area contributed by atoms with Gasteiger partial charge in [0.1, 0.15) is 17.8 Å². The quantitative estimate of drug-likeness (QED) is 0.813. The number of aryl methyl sites for hydroxylation is 1. The van der Waals surface area contributed by atoms with E-state index in [0.717, 1.165) is 5.76 Å². The molecule has 0 aromatic carbocycles. The minimum Gasteiger partial charge on any atom is -0.464 e. The Labute approximate surface area is 92.1 Å². The third-order valence-corrected chi connectivity index (χ3v) is 2.17. The molecule has 2 rings (SSSR count). The highest BCUT2D eigenvalue weighted by molar-refractivity contribution is 5.90. The molecule has 1 atom stereocenters. The maximum atomic E-state index is 11.6. The van der Waals surface area contributed by atoms with E-state index >= 15 is 0 Å². The molecule has 84 valence electrons. The predicted octanol–water partition coefficient (Wildman–Crippen LogP) is 1.20. The van der Waals surface area contributed by atoms with Crippen molar-refractivity contribution in [2.24, 2.45) is 0 Å². The van der Waals surface area contributed by atoms with Gasteiger partial charge in [-0.15, -0.1) is 0 Å². The number of H-pyrrole nitrogens is 1. The molecule has 0 saturated carbocycles.